The maximum Gasteiger partial charge on any atom is 0.367 e. The van der Waals surface area contributed by atoms with Crippen LogP contribution in [0.5, 0.6) is 0 Å². The molecule has 62 valence electrons. The van der Waals surface area contributed by atoms with E-state index in [1.807, 2.05) is 0 Å². The minimum absolute atomic E-state index is 0.0205. The first-order chi connectivity index (χ1) is 5.13. The van der Waals surface area contributed by atoms with Crippen molar-refractivity contribution in [1.82, 2.24) is 5.17 Å². The highest BCUT2D eigenvalue weighted by Crippen LogP contribution is 2.13. The predicted octanol–water partition coefficient (Wildman–Crippen LogP) is -0.582. The maximum absolute atomic E-state index is 10.1. The largest absolute Gasteiger partial charge is 0.367 e. The number of hydroxylamine groups is 1. The van der Waals surface area contributed by atoms with E-state index in [1.54, 1.807) is 0 Å². The van der Waals surface area contributed by atoms with Gasteiger partial charge in [0.15, 0.2) is 5.03 Å². The number of hydrogen-bond acceptors (Lipinski definition) is 5. The van der Waals surface area contributed by atoms with Crippen LogP contribution in [0.2, 0.25) is 0 Å². The van der Waals surface area contributed by atoms with Gasteiger partial charge in [0, 0.05) is 0 Å². The highest BCUT2D eigenvalue weighted by atomic mass is 16.8. The molecular formula is C3H5N3O5. The van der Waals surface area contributed by atoms with Gasteiger partial charge in [-0.15, -0.1) is 0 Å². The van der Waals surface area contributed by atoms with E-state index in [9.17, 15) is 20.2 Å². The number of nitro groups is 2. The zero-order valence-electron chi connectivity index (χ0n) is 5.37. The average Bonchev–Trinajstić information content (AvgIpc) is 2.32. The number of hydrogen-bond donors (Lipinski definition) is 0. The smallest absolute Gasteiger partial charge is 0.262 e. The van der Waals surface area contributed by atoms with Crippen molar-refractivity contribution in [2.24, 2.45) is 0 Å². The summed E-state index contributed by atoms with van der Waals surface area (Å²) in [4.78, 5) is 23.8. The molecule has 1 heterocycles. The molecule has 0 amide bonds. The third kappa shape index (κ3) is 1.34. The summed E-state index contributed by atoms with van der Waals surface area (Å²) in [6.07, 6.45) is -1.29. The van der Waals surface area contributed by atoms with Crippen molar-refractivity contribution < 1.29 is 14.8 Å². The van der Waals surface area contributed by atoms with Crippen molar-refractivity contribution in [2.75, 3.05) is 6.61 Å². The monoisotopic (exact) mass is 163 g/mol. The summed E-state index contributed by atoms with van der Waals surface area (Å²) < 4.78 is 0. The van der Waals surface area contributed by atoms with Crippen LogP contribution in [0, 0.1) is 20.2 Å². The minimum atomic E-state index is -1.34. The molecule has 0 radical (unpaired) electrons. The molecule has 1 aliphatic rings. The minimum Gasteiger partial charge on any atom is -0.262 e. The Morgan fingerprint density at radius 1 is 1.45 bits per heavy atom. The van der Waals surface area contributed by atoms with E-state index in [2.05, 4.69) is 4.84 Å². The fraction of sp³-hybridized carbons (Fsp3) is 1.00. The van der Waals surface area contributed by atoms with Crippen molar-refractivity contribution in [3.63, 3.8) is 0 Å². The molecule has 8 nitrogen and oxygen atoms in total. The lowest BCUT2D eigenvalue weighted by Crippen LogP contribution is -2.38. The van der Waals surface area contributed by atoms with Crippen molar-refractivity contribution in [2.45, 2.75) is 12.6 Å². The Bertz CT molecular complexity index is 173. The van der Waals surface area contributed by atoms with Crippen LogP contribution >= 0.6 is 0 Å². The summed E-state index contributed by atoms with van der Waals surface area (Å²) in [5.74, 6) is 0. The van der Waals surface area contributed by atoms with Gasteiger partial charge >= 0.3 is 6.17 Å². The van der Waals surface area contributed by atoms with Gasteiger partial charge in [-0.05, 0) is 0 Å². The van der Waals surface area contributed by atoms with Crippen molar-refractivity contribution in [1.29, 1.82) is 0 Å². The average molecular weight is 163 g/mol. The molecule has 0 aromatic carbocycles. The lowest BCUT2D eigenvalue weighted by molar-refractivity contribution is -0.783. The summed E-state index contributed by atoms with van der Waals surface area (Å²) in [7, 11) is 0. The van der Waals surface area contributed by atoms with Crippen LogP contribution in [-0.4, -0.2) is 27.9 Å². The van der Waals surface area contributed by atoms with E-state index < -0.39 is 16.1 Å². The number of nitrogens with zero attached hydrogens (tertiary/aromatic N) is 3. The molecule has 1 rings (SSSR count). The zero-order valence-corrected chi connectivity index (χ0v) is 5.37. The second-order valence-electron chi connectivity index (χ2n) is 1.93. The van der Waals surface area contributed by atoms with Gasteiger partial charge < -0.3 is 0 Å². The first-order valence-electron chi connectivity index (χ1n) is 2.83. The second kappa shape index (κ2) is 2.66. The molecule has 0 aliphatic carbocycles. The van der Waals surface area contributed by atoms with E-state index >= 15 is 0 Å². The van der Waals surface area contributed by atoms with Crippen LogP contribution < -0.4 is 0 Å². The molecular weight excluding hydrogens is 158 g/mol. The highest BCUT2D eigenvalue weighted by molar-refractivity contribution is 4.51. The van der Waals surface area contributed by atoms with Gasteiger partial charge in [0.05, 0.1) is 23.1 Å². The lowest BCUT2D eigenvalue weighted by atomic mass is 10.4. The first-order valence-corrected chi connectivity index (χ1v) is 2.83. The molecule has 1 atom stereocenters. The Kier molecular flexibility index (Phi) is 1.85. The molecule has 1 saturated heterocycles. The third-order valence-electron chi connectivity index (χ3n) is 1.26. The Hall–Kier alpha value is -1.44. The van der Waals surface area contributed by atoms with Crippen LogP contribution in [0.1, 0.15) is 6.42 Å². The Morgan fingerprint density at radius 3 is 2.45 bits per heavy atom. The van der Waals surface area contributed by atoms with Gasteiger partial charge in [0.2, 0.25) is 0 Å². The van der Waals surface area contributed by atoms with E-state index in [-0.39, 0.29) is 18.2 Å². The summed E-state index contributed by atoms with van der Waals surface area (Å²) >= 11 is 0. The van der Waals surface area contributed by atoms with Crippen molar-refractivity contribution in [3.8, 4) is 0 Å². The van der Waals surface area contributed by atoms with E-state index in [0.29, 0.717) is 0 Å². The van der Waals surface area contributed by atoms with Gasteiger partial charge in [-0.1, -0.05) is 0 Å². The van der Waals surface area contributed by atoms with E-state index in [1.165, 1.54) is 0 Å². The van der Waals surface area contributed by atoms with Crippen LogP contribution in [-0.2, 0) is 4.84 Å². The Labute approximate surface area is 60.6 Å². The quantitative estimate of drug-likeness (QED) is 0.398. The van der Waals surface area contributed by atoms with E-state index in [4.69, 9.17) is 0 Å². The Morgan fingerprint density at radius 2 is 2.09 bits per heavy atom. The van der Waals surface area contributed by atoms with Crippen LogP contribution in [0.25, 0.3) is 0 Å². The molecule has 0 bridgehead atoms. The fourth-order valence-electron chi connectivity index (χ4n) is 0.790. The summed E-state index contributed by atoms with van der Waals surface area (Å²) in [5.41, 5.74) is 0. The summed E-state index contributed by atoms with van der Waals surface area (Å²) in [6.45, 7) is 0.0205. The predicted molar refractivity (Wildman–Crippen MR) is 30.2 cm³/mol. The lowest BCUT2D eigenvalue weighted by Gasteiger charge is -2.05. The number of rotatable bonds is 2. The van der Waals surface area contributed by atoms with Gasteiger partial charge in [-0.2, -0.15) is 0 Å². The molecule has 1 aliphatic heterocycles. The molecule has 0 N–H and O–H groups in total. The van der Waals surface area contributed by atoms with E-state index in [0.717, 1.165) is 0 Å². The van der Waals surface area contributed by atoms with Crippen molar-refractivity contribution in [3.05, 3.63) is 20.2 Å². The molecule has 0 aromatic heterocycles. The maximum atomic E-state index is 10.1. The fourth-order valence-corrected chi connectivity index (χ4v) is 0.790. The first kappa shape index (κ1) is 7.66. The molecule has 1 unspecified atom stereocenters. The highest BCUT2D eigenvalue weighted by Gasteiger charge is 2.43. The SMILES string of the molecule is O=[N+]([O-])C1CCON1[N+](=O)[O-]. The summed E-state index contributed by atoms with van der Waals surface area (Å²) in [5, 5.41) is 19.4. The van der Waals surface area contributed by atoms with Crippen LogP contribution in [0.3, 0.4) is 0 Å². The van der Waals surface area contributed by atoms with Crippen molar-refractivity contribution >= 4 is 0 Å². The normalized spacial score (nSPS) is 23.6. The molecule has 0 spiro atoms. The molecule has 0 saturated carbocycles. The number of hydrazine groups is 1. The van der Waals surface area contributed by atoms with Gasteiger partial charge in [-0.25, -0.2) is 15.0 Å². The van der Waals surface area contributed by atoms with Crippen LogP contribution in [0.4, 0.5) is 0 Å². The zero-order chi connectivity index (χ0) is 8.43. The van der Waals surface area contributed by atoms with Crippen LogP contribution in [0.15, 0.2) is 0 Å². The van der Waals surface area contributed by atoms with Gasteiger partial charge in [0.1, 0.15) is 0 Å². The molecule has 8 heteroatoms. The topological polar surface area (TPSA) is 98.8 Å². The molecule has 1 fully saturated rings. The second-order valence-corrected chi connectivity index (χ2v) is 1.93. The molecule has 11 heavy (non-hydrogen) atoms. The summed E-state index contributed by atoms with van der Waals surface area (Å²) in [6, 6.07) is 0. The standard InChI is InChI=1S/C3H5N3O5/c7-5(8)3-1-2-11-4(3)6(9)10/h3H,1-2H2. The van der Waals surface area contributed by atoms with Gasteiger partial charge in [-0.3, -0.25) is 10.1 Å². The van der Waals surface area contributed by atoms with Gasteiger partial charge in [0.25, 0.3) is 0 Å². The third-order valence-corrected chi connectivity index (χ3v) is 1.26. The Balaban J connectivity index is 2.65. The molecule has 0 aromatic rings.